The second kappa shape index (κ2) is 70.3. The number of unbranched alkanes of at least 4 members (excludes halogenated alkanes) is 60. The maximum absolute atomic E-state index is 12.6. The molecule has 0 bridgehead atoms. The summed E-state index contributed by atoms with van der Waals surface area (Å²) >= 11 is 0. The number of aliphatic hydroxyl groups excluding tert-OH is 2. The summed E-state index contributed by atoms with van der Waals surface area (Å²) in [6.07, 6.45) is 85.9. The van der Waals surface area contributed by atoms with Crippen LogP contribution in [0.3, 0.4) is 0 Å². The van der Waals surface area contributed by atoms with Crippen molar-refractivity contribution in [2.45, 2.75) is 450 Å². The summed E-state index contributed by atoms with van der Waals surface area (Å²) < 4.78 is 5.51. The summed E-state index contributed by atoms with van der Waals surface area (Å²) in [4.78, 5) is 24.7. The van der Waals surface area contributed by atoms with Gasteiger partial charge >= 0.3 is 5.97 Å². The number of carbonyl (C=O) groups is 2. The zero-order valence-corrected chi connectivity index (χ0v) is 54.9. The van der Waals surface area contributed by atoms with Gasteiger partial charge in [-0.1, -0.05) is 399 Å². The zero-order valence-electron chi connectivity index (χ0n) is 54.9. The predicted octanol–water partition coefficient (Wildman–Crippen LogP) is 24.2. The Hall–Kier alpha value is -1.14. The van der Waals surface area contributed by atoms with E-state index in [9.17, 15) is 19.8 Å². The average molecular weight is 1130 g/mol. The lowest BCUT2D eigenvalue weighted by Gasteiger charge is -2.22. The van der Waals surface area contributed by atoms with Crippen molar-refractivity contribution in [2.75, 3.05) is 13.2 Å². The third-order valence-electron chi connectivity index (χ3n) is 17.9. The largest absolute Gasteiger partial charge is 0.466 e. The Morgan fingerprint density at radius 2 is 0.512 bits per heavy atom. The van der Waals surface area contributed by atoms with Crippen LogP contribution in [0, 0.1) is 0 Å². The summed E-state index contributed by atoms with van der Waals surface area (Å²) in [6, 6.07) is -0.543. The van der Waals surface area contributed by atoms with Gasteiger partial charge in [0.05, 0.1) is 25.4 Å². The molecular weight excluding hydrogens is 983 g/mol. The minimum absolute atomic E-state index is 0.0174. The van der Waals surface area contributed by atoms with Gasteiger partial charge in [0.25, 0.3) is 0 Å². The molecule has 0 rings (SSSR count). The SMILES string of the molecule is CCCCCCCCCCCCCCCCCCCCCCCCCCC(O)C(CO)NC(=O)CCCCCCCCCCCCCCCCCCCCCCOC(=O)CCCCCCCCCCCCCCCCCCCCC. The van der Waals surface area contributed by atoms with Crippen LogP contribution in [-0.4, -0.2) is 47.4 Å². The molecule has 6 nitrogen and oxygen atoms in total. The van der Waals surface area contributed by atoms with Crippen molar-refractivity contribution in [1.82, 2.24) is 5.32 Å². The number of rotatable bonds is 71. The normalized spacial score (nSPS) is 12.4. The fourth-order valence-corrected chi connectivity index (χ4v) is 12.2. The second-order valence-electron chi connectivity index (χ2n) is 26.0. The monoisotopic (exact) mass is 1130 g/mol. The number of hydrogen-bond acceptors (Lipinski definition) is 5. The molecule has 1 amide bonds. The van der Waals surface area contributed by atoms with E-state index in [0.29, 0.717) is 25.9 Å². The van der Waals surface area contributed by atoms with Crippen LogP contribution in [-0.2, 0) is 14.3 Å². The Morgan fingerprint density at radius 3 is 0.762 bits per heavy atom. The zero-order chi connectivity index (χ0) is 57.8. The Kier molecular flexibility index (Phi) is 69.3. The second-order valence-corrected chi connectivity index (χ2v) is 26.0. The molecule has 0 aromatic rings. The summed E-state index contributed by atoms with van der Waals surface area (Å²) in [5.74, 6) is -0.0131. The van der Waals surface area contributed by atoms with E-state index in [1.807, 2.05) is 0 Å². The molecule has 2 atom stereocenters. The number of hydrogen-bond donors (Lipinski definition) is 3. The standard InChI is InChI=1S/C74H147NO5/c1-3-5-7-9-11-13-15-17-19-21-23-24-25-26-27-31-34-38-42-46-50-54-58-62-66-72(77)71(70-76)75-73(78)67-63-59-55-51-47-43-39-35-32-28-29-33-37-41-45-49-53-57-61-65-69-80-74(79)68-64-60-56-52-48-44-40-36-30-22-20-18-16-14-12-10-8-6-4-2/h71-72,76-77H,3-70H2,1-2H3,(H,75,78). The summed E-state index contributed by atoms with van der Waals surface area (Å²) in [5, 5.41) is 23.5. The predicted molar refractivity (Wildman–Crippen MR) is 352 cm³/mol. The number of aliphatic hydroxyl groups is 2. The van der Waals surface area contributed by atoms with E-state index in [2.05, 4.69) is 19.2 Å². The van der Waals surface area contributed by atoms with Crippen LogP contribution in [0.15, 0.2) is 0 Å². The Balaban J connectivity index is 3.36. The summed E-state index contributed by atoms with van der Waals surface area (Å²) in [6.45, 7) is 5.01. The molecule has 2 unspecified atom stereocenters. The first-order valence-electron chi connectivity index (χ1n) is 37.3. The van der Waals surface area contributed by atoms with Gasteiger partial charge in [-0.3, -0.25) is 9.59 Å². The highest BCUT2D eigenvalue weighted by Crippen LogP contribution is 2.20. The molecule has 0 aromatic heterocycles. The van der Waals surface area contributed by atoms with Crippen molar-refractivity contribution in [3.05, 3.63) is 0 Å². The van der Waals surface area contributed by atoms with E-state index >= 15 is 0 Å². The molecule has 478 valence electrons. The van der Waals surface area contributed by atoms with Crippen molar-refractivity contribution in [3.8, 4) is 0 Å². The van der Waals surface area contributed by atoms with Crippen LogP contribution in [0.25, 0.3) is 0 Å². The number of nitrogens with one attached hydrogen (secondary N) is 1. The first kappa shape index (κ1) is 78.9. The molecule has 0 aliphatic heterocycles. The van der Waals surface area contributed by atoms with E-state index in [1.54, 1.807) is 0 Å². The third kappa shape index (κ3) is 66.0. The Morgan fingerprint density at radius 1 is 0.300 bits per heavy atom. The van der Waals surface area contributed by atoms with Crippen molar-refractivity contribution < 1.29 is 24.5 Å². The molecule has 0 saturated heterocycles. The Bertz CT molecular complexity index is 1160. The fraction of sp³-hybridized carbons (Fsp3) is 0.973. The first-order valence-corrected chi connectivity index (χ1v) is 37.3. The molecule has 0 aliphatic rings. The highest BCUT2D eigenvalue weighted by Gasteiger charge is 2.20. The lowest BCUT2D eigenvalue weighted by molar-refractivity contribution is -0.143. The lowest BCUT2D eigenvalue weighted by atomic mass is 10.0. The fourth-order valence-electron chi connectivity index (χ4n) is 12.2. The van der Waals surface area contributed by atoms with E-state index in [1.165, 1.54) is 366 Å². The maximum Gasteiger partial charge on any atom is 0.305 e. The molecule has 0 saturated carbocycles. The highest BCUT2D eigenvalue weighted by atomic mass is 16.5. The van der Waals surface area contributed by atoms with Crippen LogP contribution in [0.1, 0.15) is 438 Å². The molecule has 3 N–H and O–H groups in total. The average Bonchev–Trinajstić information content (AvgIpc) is 3.46. The van der Waals surface area contributed by atoms with Crippen molar-refractivity contribution in [3.63, 3.8) is 0 Å². The van der Waals surface area contributed by atoms with Crippen LogP contribution in [0.5, 0.6) is 0 Å². The molecule has 0 aliphatic carbocycles. The van der Waals surface area contributed by atoms with Crippen LogP contribution < -0.4 is 5.32 Å². The molecule has 6 heteroatoms. The lowest BCUT2D eigenvalue weighted by Crippen LogP contribution is -2.45. The molecule has 0 radical (unpaired) electrons. The van der Waals surface area contributed by atoms with Gasteiger partial charge in [0.1, 0.15) is 0 Å². The van der Waals surface area contributed by atoms with Gasteiger partial charge in [-0.2, -0.15) is 0 Å². The van der Waals surface area contributed by atoms with Crippen LogP contribution >= 0.6 is 0 Å². The van der Waals surface area contributed by atoms with Crippen molar-refractivity contribution in [2.24, 2.45) is 0 Å². The van der Waals surface area contributed by atoms with Gasteiger partial charge in [-0.15, -0.1) is 0 Å². The van der Waals surface area contributed by atoms with Gasteiger partial charge in [0, 0.05) is 12.8 Å². The molecule has 0 spiro atoms. The summed E-state index contributed by atoms with van der Waals surface area (Å²) in [7, 11) is 0. The number of esters is 1. The van der Waals surface area contributed by atoms with Gasteiger partial charge in [-0.05, 0) is 25.7 Å². The summed E-state index contributed by atoms with van der Waals surface area (Å²) in [5.41, 5.74) is 0. The quantitative estimate of drug-likeness (QED) is 0.0417. The van der Waals surface area contributed by atoms with E-state index < -0.39 is 12.1 Å². The molecular formula is C74H147NO5. The molecule has 0 heterocycles. The molecule has 0 aromatic carbocycles. The van der Waals surface area contributed by atoms with Crippen LogP contribution in [0.4, 0.5) is 0 Å². The van der Waals surface area contributed by atoms with Crippen molar-refractivity contribution >= 4 is 11.9 Å². The molecule has 0 fully saturated rings. The number of carbonyl (C=O) groups excluding carboxylic acids is 2. The van der Waals surface area contributed by atoms with E-state index in [-0.39, 0.29) is 18.5 Å². The van der Waals surface area contributed by atoms with E-state index in [0.717, 1.165) is 38.5 Å². The number of amides is 1. The topological polar surface area (TPSA) is 95.9 Å². The van der Waals surface area contributed by atoms with E-state index in [4.69, 9.17) is 4.74 Å². The smallest absolute Gasteiger partial charge is 0.305 e. The highest BCUT2D eigenvalue weighted by molar-refractivity contribution is 5.76. The van der Waals surface area contributed by atoms with Gasteiger partial charge in [0.15, 0.2) is 0 Å². The minimum Gasteiger partial charge on any atom is -0.466 e. The third-order valence-corrected chi connectivity index (χ3v) is 17.9. The van der Waals surface area contributed by atoms with Gasteiger partial charge in [-0.25, -0.2) is 0 Å². The maximum atomic E-state index is 12.6. The van der Waals surface area contributed by atoms with Crippen LogP contribution in [0.2, 0.25) is 0 Å². The van der Waals surface area contributed by atoms with Gasteiger partial charge in [0.2, 0.25) is 5.91 Å². The first-order chi connectivity index (χ1) is 39.5. The number of ether oxygens (including phenoxy) is 1. The van der Waals surface area contributed by atoms with Crippen molar-refractivity contribution in [1.29, 1.82) is 0 Å². The molecule has 80 heavy (non-hydrogen) atoms. The Labute approximate surface area is 502 Å². The van der Waals surface area contributed by atoms with Gasteiger partial charge < -0.3 is 20.3 Å². The minimum atomic E-state index is -0.666.